The summed E-state index contributed by atoms with van der Waals surface area (Å²) in [6, 6.07) is 12.5. The Morgan fingerprint density at radius 3 is 1.87 bits per heavy atom. The van der Waals surface area contributed by atoms with Gasteiger partial charge in [0.25, 0.3) is 0 Å². The van der Waals surface area contributed by atoms with E-state index in [2.05, 4.69) is 5.32 Å². The van der Waals surface area contributed by atoms with E-state index in [9.17, 15) is 38.4 Å². The standard InChI is InChI=1S/C35H39NO16.H2/c1-18(37)45-16-27(30-32(50-22(5)41)33(51-23(6)42)31(49-21(4)40)29(52-30)17-46-19(2)38)34(43)36-25-12-13-26(28(14-25)48-20(3)39)35(44)47-15-24-10-8-7-9-11-24;/h7-14,27,29-33H,15-17H2,1-6H3,(H,36,43);1H/t27?,29-,30?,31-,32+,33+;/m1./s1. The molecule has 6 atom stereocenters. The molecule has 2 unspecified atom stereocenters. The summed E-state index contributed by atoms with van der Waals surface area (Å²) >= 11 is 0. The molecule has 0 aliphatic carbocycles. The van der Waals surface area contributed by atoms with Crippen molar-refractivity contribution in [3.05, 3.63) is 59.7 Å². The summed E-state index contributed by atoms with van der Waals surface area (Å²) in [6.07, 6.45) is -7.74. The predicted octanol–water partition coefficient (Wildman–Crippen LogP) is 2.46. The van der Waals surface area contributed by atoms with Crippen LogP contribution < -0.4 is 10.1 Å². The van der Waals surface area contributed by atoms with E-state index < -0.39 is 97.3 Å². The van der Waals surface area contributed by atoms with Crippen LogP contribution in [0.25, 0.3) is 0 Å². The molecular formula is C35H41NO16. The van der Waals surface area contributed by atoms with Gasteiger partial charge >= 0.3 is 41.8 Å². The normalized spacial score (nSPS) is 19.8. The molecule has 282 valence electrons. The van der Waals surface area contributed by atoms with Crippen molar-refractivity contribution in [2.24, 2.45) is 5.92 Å². The lowest BCUT2D eigenvalue weighted by molar-refractivity contribution is -0.261. The number of anilines is 1. The van der Waals surface area contributed by atoms with Crippen LogP contribution in [0.3, 0.4) is 0 Å². The Labute approximate surface area is 299 Å². The van der Waals surface area contributed by atoms with Gasteiger partial charge < -0.3 is 43.2 Å². The summed E-state index contributed by atoms with van der Waals surface area (Å²) in [6.45, 7) is 5.05. The first-order valence-corrected chi connectivity index (χ1v) is 15.8. The monoisotopic (exact) mass is 731 g/mol. The van der Waals surface area contributed by atoms with E-state index in [0.717, 1.165) is 41.5 Å². The lowest BCUT2D eigenvalue weighted by atomic mass is 9.86. The van der Waals surface area contributed by atoms with Gasteiger partial charge in [0.2, 0.25) is 5.91 Å². The number of carbonyl (C=O) groups excluding carboxylic acids is 8. The number of amides is 1. The molecule has 0 saturated carbocycles. The molecule has 1 fully saturated rings. The number of benzene rings is 2. The quantitative estimate of drug-likeness (QED) is 0.167. The Kier molecular flexibility index (Phi) is 14.8. The summed E-state index contributed by atoms with van der Waals surface area (Å²) in [5.41, 5.74) is 0.550. The van der Waals surface area contributed by atoms with E-state index in [1.165, 1.54) is 18.2 Å². The van der Waals surface area contributed by atoms with Gasteiger partial charge in [0.1, 0.15) is 49.3 Å². The first-order chi connectivity index (χ1) is 24.5. The van der Waals surface area contributed by atoms with E-state index in [1.54, 1.807) is 30.3 Å². The molecular weight excluding hydrogens is 690 g/mol. The molecule has 1 N–H and O–H groups in total. The molecule has 1 aliphatic heterocycles. The molecule has 1 amide bonds. The Morgan fingerprint density at radius 2 is 1.29 bits per heavy atom. The molecule has 52 heavy (non-hydrogen) atoms. The summed E-state index contributed by atoms with van der Waals surface area (Å²) in [5, 5.41) is 2.57. The molecule has 0 bridgehead atoms. The van der Waals surface area contributed by atoms with E-state index in [4.69, 9.17) is 37.9 Å². The second kappa shape index (κ2) is 19.0. The third-order valence-corrected chi connectivity index (χ3v) is 7.16. The van der Waals surface area contributed by atoms with Crippen LogP contribution in [0, 0.1) is 5.92 Å². The Bertz CT molecular complexity index is 1660. The van der Waals surface area contributed by atoms with Gasteiger partial charge in [-0.2, -0.15) is 0 Å². The van der Waals surface area contributed by atoms with E-state index in [0.29, 0.717) is 5.56 Å². The average molecular weight is 732 g/mol. The largest absolute Gasteiger partial charge is 0.465 e. The van der Waals surface area contributed by atoms with Gasteiger partial charge in [-0.15, -0.1) is 0 Å². The lowest BCUT2D eigenvalue weighted by Crippen LogP contribution is -2.65. The van der Waals surface area contributed by atoms with Gasteiger partial charge in [-0.1, -0.05) is 30.3 Å². The van der Waals surface area contributed by atoms with Crippen molar-refractivity contribution in [2.45, 2.75) is 78.7 Å². The molecule has 2 aromatic carbocycles. The van der Waals surface area contributed by atoms with Crippen LogP contribution in [-0.4, -0.2) is 91.4 Å². The van der Waals surface area contributed by atoms with Gasteiger partial charge in [0, 0.05) is 54.7 Å². The van der Waals surface area contributed by atoms with Crippen LogP contribution in [-0.2, 0) is 73.3 Å². The minimum atomic E-state index is -1.65. The molecule has 17 heteroatoms. The SMILES string of the molecule is CC(=O)OCC(C(=O)Nc1ccc(C(=O)OCc2ccccc2)c(OC(C)=O)c1)C1O[C@H](COC(C)=O)[C@@H](OC(C)=O)[C@H](OC(C)=O)[C@H]1OC(C)=O.[HH]. The first kappa shape index (κ1) is 40.6. The van der Waals surface area contributed by atoms with E-state index >= 15 is 0 Å². The van der Waals surface area contributed by atoms with Crippen LogP contribution in [0.4, 0.5) is 5.69 Å². The molecule has 2 aromatic rings. The van der Waals surface area contributed by atoms with Crippen LogP contribution in [0.2, 0.25) is 0 Å². The first-order valence-electron chi connectivity index (χ1n) is 15.8. The molecule has 0 radical (unpaired) electrons. The van der Waals surface area contributed by atoms with Crippen molar-refractivity contribution in [1.82, 2.24) is 0 Å². The predicted molar refractivity (Wildman–Crippen MR) is 176 cm³/mol. The smallest absolute Gasteiger partial charge is 0.342 e. The topological polar surface area (TPSA) is 222 Å². The van der Waals surface area contributed by atoms with E-state index in [-0.39, 0.29) is 25.0 Å². The van der Waals surface area contributed by atoms with Gasteiger partial charge in [0.05, 0.1) is 0 Å². The number of hydrogen-bond acceptors (Lipinski definition) is 16. The number of hydrogen-bond donors (Lipinski definition) is 1. The van der Waals surface area contributed by atoms with Crippen molar-refractivity contribution < 1.29 is 77.7 Å². The van der Waals surface area contributed by atoms with Gasteiger partial charge in [-0.3, -0.25) is 33.6 Å². The number of ether oxygens (including phenoxy) is 8. The Morgan fingerprint density at radius 1 is 0.692 bits per heavy atom. The Balaban J connectivity index is 0.00000972. The molecule has 1 heterocycles. The number of esters is 7. The maximum absolute atomic E-state index is 14.0. The summed E-state index contributed by atoms with van der Waals surface area (Å²) < 4.78 is 43.3. The fraction of sp³-hybridized carbons (Fsp3) is 0.429. The molecule has 0 aromatic heterocycles. The molecule has 3 rings (SSSR count). The number of nitrogens with one attached hydrogen (secondary N) is 1. The van der Waals surface area contributed by atoms with Gasteiger partial charge in [-0.25, -0.2) is 4.79 Å². The zero-order valence-electron chi connectivity index (χ0n) is 29.2. The van der Waals surface area contributed by atoms with Crippen LogP contribution in [0.15, 0.2) is 48.5 Å². The second-order valence-electron chi connectivity index (χ2n) is 11.4. The molecule has 0 spiro atoms. The van der Waals surface area contributed by atoms with Crippen LogP contribution in [0.5, 0.6) is 5.75 Å². The third kappa shape index (κ3) is 12.2. The number of carbonyl (C=O) groups is 8. The minimum Gasteiger partial charge on any atom is -0.465 e. The van der Waals surface area contributed by atoms with Crippen molar-refractivity contribution in [3.8, 4) is 5.75 Å². The third-order valence-electron chi connectivity index (χ3n) is 7.16. The van der Waals surface area contributed by atoms with Crippen molar-refractivity contribution in [1.29, 1.82) is 0 Å². The maximum Gasteiger partial charge on any atom is 0.342 e. The second-order valence-corrected chi connectivity index (χ2v) is 11.4. The lowest BCUT2D eigenvalue weighted by Gasteiger charge is -2.46. The fourth-order valence-corrected chi connectivity index (χ4v) is 5.16. The fourth-order valence-electron chi connectivity index (χ4n) is 5.16. The summed E-state index contributed by atoms with van der Waals surface area (Å²) in [5.74, 6) is -8.58. The Hall–Kier alpha value is -5.84. The number of rotatable bonds is 14. The van der Waals surface area contributed by atoms with E-state index in [1.807, 2.05) is 0 Å². The highest BCUT2D eigenvalue weighted by molar-refractivity contribution is 5.97. The van der Waals surface area contributed by atoms with Crippen molar-refractivity contribution in [3.63, 3.8) is 0 Å². The van der Waals surface area contributed by atoms with Crippen molar-refractivity contribution >= 4 is 53.4 Å². The molecule has 1 saturated heterocycles. The van der Waals surface area contributed by atoms with Crippen LogP contribution in [0.1, 0.15) is 58.9 Å². The minimum absolute atomic E-state index is 0. The van der Waals surface area contributed by atoms with Gasteiger partial charge in [0.15, 0.2) is 18.3 Å². The molecule has 1 aliphatic rings. The highest BCUT2D eigenvalue weighted by Crippen LogP contribution is 2.34. The zero-order chi connectivity index (χ0) is 38.5. The molecule has 17 nitrogen and oxygen atoms in total. The highest BCUT2D eigenvalue weighted by Gasteiger charge is 2.55. The average Bonchev–Trinajstić information content (AvgIpc) is 3.04. The van der Waals surface area contributed by atoms with Gasteiger partial charge in [-0.05, 0) is 17.7 Å². The highest BCUT2D eigenvalue weighted by atomic mass is 16.7. The van der Waals surface area contributed by atoms with Crippen LogP contribution >= 0.6 is 0 Å². The van der Waals surface area contributed by atoms with Crippen molar-refractivity contribution in [2.75, 3.05) is 18.5 Å². The zero-order valence-corrected chi connectivity index (χ0v) is 29.2. The summed E-state index contributed by atoms with van der Waals surface area (Å²) in [7, 11) is 0. The maximum atomic E-state index is 14.0. The summed E-state index contributed by atoms with van der Waals surface area (Å²) in [4.78, 5) is 99.3.